The predicted molar refractivity (Wildman–Crippen MR) is 147 cm³/mol. The molecule has 0 aliphatic carbocycles. The summed E-state index contributed by atoms with van der Waals surface area (Å²) in [5.41, 5.74) is -0.331. The molecule has 0 radical (unpaired) electrons. The van der Waals surface area contributed by atoms with Gasteiger partial charge in [0.25, 0.3) is 0 Å². The molecule has 3 aromatic carbocycles. The molecule has 0 bridgehead atoms. The number of hydrogen-bond acceptors (Lipinski definition) is 10. The van der Waals surface area contributed by atoms with Gasteiger partial charge in [-0.1, -0.05) is 27.0 Å². The van der Waals surface area contributed by atoms with Crippen LogP contribution in [0.5, 0.6) is 23.0 Å². The zero-order valence-electron chi connectivity index (χ0n) is 23.1. The van der Waals surface area contributed by atoms with Crippen LogP contribution in [0.25, 0.3) is 0 Å². The van der Waals surface area contributed by atoms with Crippen molar-refractivity contribution in [3.63, 3.8) is 0 Å². The summed E-state index contributed by atoms with van der Waals surface area (Å²) in [5, 5.41) is 0. The number of ether oxygens (including phenoxy) is 6. The summed E-state index contributed by atoms with van der Waals surface area (Å²) >= 11 is 0. The van der Waals surface area contributed by atoms with Crippen LogP contribution in [0.1, 0.15) is 46.0 Å². The monoisotopic (exact) mass is 596 g/mol. The summed E-state index contributed by atoms with van der Waals surface area (Å²) in [7, 11) is 0. The Morgan fingerprint density at radius 2 is 1.16 bits per heavy atom. The van der Waals surface area contributed by atoms with E-state index >= 15 is 0 Å². The Hall–Kier alpha value is -5.52. The topological polar surface area (TPSA) is 124 Å². The summed E-state index contributed by atoms with van der Waals surface area (Å²) in [6, 6.07) is 10.8. The fourth-order valence-electron chi connectivity index (χ4n) is 3.38. The van der Waals surface area contributed by atoms with Crippen LogP contribution in [-0.2, 0) is 19.1 Å². The van der Waals surface area contributed by atoms with E-state index in [1.54, 1.807) is 13.8 Å². The first-order valence-electron chi connectivity index (χ1n) is 12.5. The molecule has 0 aliphatic rings. The lowest BCUT2D eigenvalue weighted by Crippen LogP contribution is -2.14. The third-order valence-electron chi connectivity index (χ3n) is 5.52. The second-order valence-corrected chi connectivity index (χ2v) is 8.78. The molecule has 3 aromatic rings. The highest BCUT2D eigenvalue weighted by Gasteiger charge is 2.20. The molecule has 0 unspecified atom stereocenters. The van der Waals surface area contributed by atoms with E-state index in [1.165, 1.54) is 30.3 Å². The minimum atomic E-state index is -1.01. The van der Waals surface area contributed by atoms with Gasteiger partial charge in [0.2, 0.25) is 13.6 Å². The number of halogens is 2. The first-order chi connectivity index (χ1) is 20.5. The molecule has 0 fully saturated rings. The van der Waals surface area contributed by atoms with E-state index < -0.39 is 49.1 Å². The van der Waals surface area contributed by atoms with E-state index in [0.29, 0.717) is 5.56 Å². The maximum atomic E-state index is 14.6. The van der Waals surface area contributed by atoms with Crippen molar-refractivity contribution < 1.29 is 56.4 Å². The second-order valence-electron chi connectivity index (χ2n) is 8.78. The summed E-state index contributed by atoms with van der Waals surface area (Å²) in [6.07, 6.45) is 1.88. The van der Waals surface area contributed by atoms with Crippen molar-refractivity contribution in [2.75, 3.05) is 13.6 Å². The Kier molecular flexibility index (Phi) is 11.1. The molecule has 0 amide bonds. The van der Waals surface area contributed by atoms with Crippen LogP contribution in [0.4, 0.5) is 8.78 Å². The highest BCUT2D eigenvalue weighted by Crippen LogP contribution is 2.32. The molecule has 10 nitrogen and oxygen atoms in total. The van der Waals surface area contributed by atoms with Gasteiger partial charge in [-0.3, -0.25) is 0 Å². The Morgan fingerprint density at radius 1 is 0.698 bits per heavy atom. The Labute approximate surface area is 245 Å². The van der Waals surface area contributed by atoms with Gasteiger partial charge in [0.05, 0.1) is 11.1 Å². The van der Waals surface area contributed by atoms with E-state index in [-0.39, 0.29) is 40.0 Å². The standard InChI is InChI=1S/C31H26F2O10/c1-5-28(34)40-16-38-19-7-10-22(25(32)14-19)30(36)42-21-9-12-27(24(13-21)18(3)4)43-31(37)23-11-8-20(15-26(23)33)39-17-41-29(35)6-2/h5-15,18H,1-2,16-17H2,3-4H3. The van der Waals surface area contributed by atoms with E-state index in [2.05, 4.69) is 22.6 Å². The maximum Gasteiger partial charge on any atom is 0.346 e. The number of rotatable bonds is 13. The van der Waals surface area contributed by atoms with Crippen molar-refractivity contribution in [1.82, 2.24) is 0 Å². The number of benzene rings is 3. The molecule has 0 aromatic heterocycles. The van der Waals surface area contributed by atoms with Crippen LogP contribution in [-0.4, -0.2) is 37.5 Å². The summed E-state index contributed by atoms with van der Waals surface area (Å²) < 4.78 is 59.4. The fourth-order valence-corrected chi connectivity index (χ4v) is 3.38. The van der Waals surface area contributed by atoms with Gasteiger partial charge in [0, 0.05) is 29.8 Å². The lowest BCUT2D eigenvalue weighted by Gasteiger charge is -2.15. The van der Waals surface area contributed by atoms with E-state index in [0.717, 1.165) is 36.4 Å². The second kappa shape index (κ2) is 14.9. The quantitative estimate of drug-likeness (QED) is 0.106. The van der Waals surface area contributed by atoms with Gasteiger partial charge in [-0.25, -0.2) is 28.0 Å². The minimum Gasteiger partial charge on any atom is -0.457 e. The van der Waals surface area contributed by atoms with Gasteiger partial charge in [0.15, 0.2) is 0 Å². The van der Waals surface area contributed by atoms with E-state index in [9.17, 15) is 28.0 Å². The van der Waals surface area contributed by atoms with Gasteiger partial charge in [-0.05, 0) is 48.4 Å². The summed E-state index contributed by atoms with van der Waals surface area (Å²) in [5.74, 6) is -5.43. The van der Waals surface area contributed by atoms with E-state index in [1.807, 2.05) is 0 Å². The number of hydrogen-bond donors (Lipinski definition) is 0. The zero-order chi connectivity index (χ0) is 31.5. The van der Waals surface area contributed by atoms with Gasteiger partial charge in [-0.15, -0.1) is 0 Å². The molecule has 224 valence electrons. The van der Waals surface area contributed by atoms with Crippen molar-refractivity contribution in [2.24, 2.45) is 0 Å². The average Bonchev–Trinajstić information content (AvgIpc) is 2.97. The Morgan fingerprint density at radius 3 is 1.60 bits per heavy atom. The molecule has 0 spiro atoms. The van der Waals surface area contributed by atoms with Crippen LogP contribution in [0.15, 0.2) is 79.9 Å². The molecule has 0 saturated carbocycles. The molecule has 3 rings (SSSR count). The molecule has 0 aliphatic heterocycles. The van der Waals surface area contributed by atoms with E-state index in [4.69, 9.17) is 18.9 Å². The highest BCUT2D eigenvalue weighted by atomic mass is 19.1. The van der Waals surface area contributed by atoms with Crippen molar-refractivity contribution in [2.45, 2.75) is 19.8 Å². The van der Waals surface area contributed by atoms with Crippen molar-refractivity contribution >= 4 is 23.9 Å². The normalized spacial score (nSPS) is 10.3. The summed E-state index contributed by atoms with van der Waals surface area (Å²) in [4.78, 5) is 47.5. The largest absolute Gasteiger partial charge is 0.457 e. The minimum absolute atomic E-state index is 0.00630. The lowest BCUT2D eigenvalue weighted by molar-refractivity contribution is -0.145. The Bertz CT molecular complexity index is 1550. The molecule has 43 heavy (non-hydrogen) atoms. The summed E-state index contributed by atoms with van der Waals surface area (Å²) in [6.45, 7) is 9.08. The molecule has 0 heterocycles. The first-order valence-corrected chi connectivity index (χ1v) is 12.5. The van der Waals surface area contributed by atoms with Crippen molar-refractivity contribution in [3.8, 4) is 23.0 Å². The van der Waals surface area contributed by atoms with Crippen LogP contribution < -0.4 is 18.9 Å². The molecule has 0 saturated heterocycles. The van der Waals surface area contributed by atoms with Crippen LogP contribution in [0.2, 0.25) is 0 Å². The predicted octanol–water partition coefficient (Wildman–Crippen LogP) is 5.66. The Balaban J connectivity index is 1.68. The number of carbonyl (C=O) groups is 4. The average molecular weight is 597 g/mol. The molecule has 12 heteroatoms. The molecular weight excluding hydrogens is 570 g/mol. The van der Waals surface area contributed by atoms with Crippen LogP contribution in [0, 0.1) is 11.6 Å². The van der Waals surface area contributed by atoms with Gasteiger partial charge >= 0.3 is 23.9 Å². The van der Waals surface area contributed by atoms with Gasteiger partial charge in [0.1, 0.15) is 34.6 Å². The zero-order valence-corrected chi connectivity index (χ0v) is 23.1. The van der Waals surface area contributed by atoms with Crippen LogP contribution in [0.3, 0.4) is 0 Å². The number of esters is 4. The molecular formula is C31H26F2O10. The molecule has 0 N–H and O–H groups in total. The third kappa shape index (κ3) is 8.98. The van der Waals surface area contributed by atoms with Gasteiger partial charge < -0.3 is 28.4 Å². The molecule has 0 atom stereocenters. The number of carbonyl (C=O) groups excluding carboxylic acids is 4. The lowest BCUT2D eigenvalue weighted by atomic mass is 10.0. The fraction of sp³-hybridized carbons (Fsp3) is 0.161. The third-order valence-corrected chi connectivity index (χ3v) is 5.52. The van der Waals surface area contributed by atoms with Gasteiger partial charge in [-0.2, -0.15) is 0 Å². The SMILES string of the molecule is C=CC(=O)OCOc1ccc(C(=O)Oc2ccc(OC(=O)c3ccc(OCOC(=O)C=C)cc3F)c(C(C)C)c2)c(F)c1. The highest BCUT2D eigenvalue weighted by molar-refractivity contribution is 5.92. The van der Waals surface area contributed by atoms with Crippen molar-refractivity contribution in [1.29, 1.82) is 0 Å². The van der Waals surface area contributed by atoms with Crippen molar-refractivity contribution in [3.05, 3.63) is 108 Å². The first kappa shape index (κ1) is 32.0. The van der Waals surface area contributed by atoms with Crippen LogP contribution >= 0.6 is 0 Å². The maximum absolute atomic E-state index is 14.6. The smallest absolute Gasteiger partial charge is 0.346 e.